The number of hydrogen-bond donors (Lipinski definition) is 1. The molecular formula is C18H20N6O. The summed E-state index contributed by atoms with van der Waals surface area (Å²) in [6, 6.07) is 9.95. The van der Waals surface area contributed by atoms with Gasteiger partial charge in [-0.25, -0.2) is 4.79 Å². The van der Waals surface area contributed by atoms with E-state index in [1.165, 1.54) is 18.5 Å². The Morgan fingerprint density at radius 2 is 2.04 bits per heavy atom. The molecule has 2 aliphatic rings. The summed E-state index contributed by atoms with van der Waals surface area (Å²) in [5, 5.41) is 13.1. The number of benzene rings is 1. The van der Waals surface area contributed by atoms with Crippen LogP contribution in [0.2, 0.25) is 0 Å². The first-order valence-corrected chi connectivity index (χ1v) is 8.73. The minimum atomic E-state index is -0.107. The Balaban J connectivity index is 1.35. The van der Waals surface area contributed by atoms with Gasteiger partial charge in [-0.05, 0) is 31.0 Å². The van der Waals surface area contributed by atoms with Crippen LogP contribution in [0.5, 0.6) is 0 Å². The first-order chi connectivity index (χ1) is 12.2. The zero-order valence-corrected chi connectivity index (χ0v) is 14.1. The lowest BCUT2D eigenvalue weighted by molar-refractivity contribution is 0.194. The van der Waals surface area contributed by atoms with Crippen LogP contribution in [-0.4, -0.2) is 37.0 Å². The quantitative estimate of drug-likeness (QED) is 0.782. The Morgan fingerprint density at radius 3 is 2.88 bits per heavy atom. The molecule has 1 N–H and O–H groups in total. The van der Waals surface area contributed by atoms with E-state index in [4.69, 9.17) is 0 Å². The fourth-order valence-corrected chi connectivity index (χ4v) is 3.53. The van der Waals surface area contributed by atoms with Crippen molar-refractivity contribution in [1.29, 1.82) is 0 Å². The van der Waals surface area contributed by atoms with Gasteiger partial charge in [0.05, 0.1) is 30.0 Å². The fraction of sp³-hybridized carbons (Fsp3) is 0.389. The van der Waals surface area contributed by atoms with E-state index in [-0.39, 0.29) is 6.03 Å². The van der Waals surface area contributed by atoms with Crippen LogP contribution in [0, 0.1) is 0 Å². The molecule has 0 radical (unpaired) electrons. The molecule has 25 heavy (non-hydrogen) atoms. The monoisotopic (exact) mass is 336 g/mol. The number of rotatable bonds is 2. The second-order valence-electron chi connectivity index (χ2n) is 6.90. The topological polar surface area (TPSA) is 68.0 Å². The van der Waals surface area contributed by atoms with E-state index in [0.717, 1.165) is 23.1 Å². The fourth-order valence-electron chi connectivity index (χ4n) is 3.53. The Hall–Kier alpha value is -2.83. The number of nitrogens with one attached hydrogen (secondary N) is 1. The molecule has 3 heterocycles. The Morgan fingerprint density at radius 1 is 1.20 bits per heavy atom. The van der Waals surface area contributed by atoms with Crippen molar-refractivity contribution >= 4 is 22.8 Å². The van der Waals surface area contributed by atoms with Crippen LogP contribution >= 0.6 is 0 Å². The molecule has 5 rings (SSSR count). The van der Waals surface area contributed by atoms with E-state index >= 15 is 0 Å². The van der Waals surface area contributed by atoms with Crippen molar-refractivity contribution in [3.8, 4) is 0 Å². The summed E-state index contributed by atoms with van der Waals surface area (Å²) in [7, 11) is 1.89. The number of aryl methyl sites for hydroxylation is 1. The predicted octanol–water partition coefficient (Wildman–Crippen LogP) is 2.69. The van der Waals surface area contributed by atoms with Crippen LogP contribution in [0.25, 0.3) is 10.9 Å². The van der Waals surface area contributed by atoms with Crippen molar-refractivity contribution in [3.63, 3.8) is 0 Å². The first-order valence-electron chi connectivity index (χ1n) is 8.73. The third-order valence-corrected chi connectivity index (χ3v) is 5.08. The van der Waals surface area contributed by atoms with E-state index in [0.29, 0.717) is 24.8 Å². The molecule has 1 aliphatic heterocycles. The molecule has 0 spiro atoms. The molecular weight excluding hydrogens is 316 g/mol. The standard InChI is InChI=1S/C18H20N6O/c1-22-16-5-3-2-4-14(16)17(21-22)19-18(25)23-8-9-24-13(11-23)10-15(20-24)12-6-7-12/h2-5,10,12H,6-9,11H2,1H3,(H,19,21,25). The molecule has 1 aliphatic carbocycles. The summed E-state index contributed by atoms with van der Waals surface area (Å²) in [6.45, 7) is 2.00. The summed E-state index contributed by atoms with van der Waals surface area (Å²) in [5.74, 6) is 1.25. The third kappa shape index (κ3) is 2.47. The van der Waals surface area contributed by atoms with Crippen LogP contribution in [-0.2, 0) is 20.1 Å². The average Bonchev–Trinajstić information content (AvgIpc) is 3.32. The molecule has 3 aromatic rings. The van der Waals surface area contributed by atoms with Crippen LogP contribution in [0.4, 0.5) is 10.6 Å². The van der Waals surface area contributed by atoms with Gasteiger partial charge >= 0.3 is 6.03 Å². The van der Waals surface area contributed by atoms with Crippen LogP contribution in [0.15, 0.2) is 30.3 Å². The first kappa shape index (κ1) is 14.5. The summed E-state index contributed by atoms with van der Waals surface area (Å²) in [5.41, 5.74) is 3.31. The van der Waals surface area contributed by atoms with Gasteiger partial charge in [0.2, 0.25) is 0 Å². The summed E-state index contributed by atoms with van der Waals surface area (Å²) in [4.78, 5) is 14.5. The van der Waals surface area contributed by atoms with E-state index in [1.54, 1.807) is 4.68 Å². The Kier molecular flexibility index (Phi) is 3.10. The largest absolute Gasteiger partial charge is 0.323 e. The maximum atomic E-state index is 12.7. The zero-order valence-electron chi connectivity index (χ0n) is 14.1. The minimum absolute atomic E-state index is 0.107. The molecule has 1 aromatic carbocycles. The highest BCUT2D eigenvalue weighted by molar-refractivity contribution is 5.99. The number of carbonyl (C=O) groups excluding carboxylic acids is 1. The SMILES string of the molecule is Cn1nc(NC(=O)N2CCn3nc(C4CC4)cc3C2)c2ccccc21. The number of fused-ring (bicyclic) bond motifs is 2. The molecule has 1 saturated carbocycles. The molecule has 7 nitrogen and oxygen atoms in total. The number of amides is 2. The van der Waals surface area contributed by atoms with Crippen LogP contribution in [0.1, 0.15) is 30.1 Å². The molecule has 128 valence electrons. The summed E-state index contributed by atoms with van der Waals surface area (Å²) >= 11 is 0. The average molecular weight is 336 g/mol. The van der Waals surface area contributed by atoms with Gasteiger partial charge in [-0.2, -0.15) is 10.2 Å². The molecule has 0 bridgehead atoms. The van der Waals surface area contributed by atoms with Crippen LogP contribution < -0.4 is 5.32 Å². The number of aromatic nitrogens is 4. The third-order valence-electron chi connectivity index (χ3n) is 5.08. The highest BCUT2D eigenvalue weighted by atomic mass is 16.2. The van der Waals surface area contributed by atoms with Gasteiger partial charge in [0.25, 0.3) is 0 Å². The van der Waals surface area contributed by atoms with Gasteiger partial charge < -0.3 is 4.90 Å². The number of para-hydroxylation sites is 1. The number of hydrogen-bond acceptors (Lipinski definition) is 3. The predicted molar refractivity (Wildman–Crippen MR) is 94.3 cm³/mol. The van der Waals surface area contributed by atoms with E-state index in [2.05, 4.69) is 21.6 Å². The van der Waals surface area contributed by atoms with E-state index in [9.17, 15) is 4.79 Å². The maximum absolute atomic E-state index is 12.7. The zero-order chi connectivity index (χ0) is 17.0. The van der Waals surface area contributed by atoms with Gasteiger partial charge in [0.1, 0.15) is 0 Å². The smallest absolute Gasteiger partial charge is 0.317 e. The number of urea groups is 1. The molecule has 0 saturated heterocycles. The van der Waals surface area contributed by atoms with Gasteiger partial charge in [-0.15, -0.1) is 0 Å². The highest BCUT2D eigenvalue weighted by Gasteiger charge is 2.29. The van der Waals surface area contributed by atoms with Crippen molar-refractivity contribution in [2.75, 3.05) is 11.9 Å². The lowest BCUT2D eigenvalue weighted by atomic mass is 10.2. The maximum Gasteiger partial charge on any atom is 0.323 e. The lowest BCUT2D eigenvalue weighted by Crippen LogP contribution is -2.41. The summed E-state index contributed by atoms with van der Waals surface area (Å²) in [6.07, 6.45) is 2.49. The van der Waals surface area contributed by atoms with Gasteiger partial charge in [-0.3, -0.25) is 14.7 Å². The van der Waals surface area contributed by atoms with Gasteiger partial charge in [0, 0.05) is 24.9 Å². The Bertz CT molecular complexity index is 967. The molecule has 7 heteroatoms. The van der Waals surface area contributed by atoms with E-state index < -0.39 is 0 Å². The van der Waals surface area contributed by atoms with Crippen molar-refractivity contribution in [2.24, 2.45) is 7.05 Å². The van der Waals surface area contributed by atoms with E-state index in [1.807, 2.05) is 40.9 Å². The molecule has 0 unspecified atom stereocenters. The normalized spacial score (nSPS) is 16.9. The van der Waals surface area contributed by atoms with Crippen LogP contribution in [0.3, 0.4) is 0 Å². The second-order valence-corrected chi connectivity index (χ2v) is 6.90. The Labute approximate surface area is 145 Å². The second kappa shape index (κ2) is 5.34. The summed E-state index contributed by atoms with van der Waals surface area (Å²) < 4.78 is 3.84. The molecule has 2 amide bonds. The van der Waals surface area contributed by atoms with Gasteiger partial charge in [0.15, 0.2) is 5.82 Å². The molecule has 2 aromatic heterocycles. The molecule has 1 fully saturated rings. The van der Waals surface area contributed by atoms with Crippen molar-refractivity contribution in [1.82, 2.24) is 24.5 Å². The number of nitrogens with zero attached hydrogens (tertiary/aromatic N) is 5. The number of anilines is 1. The lowest BCUT2D eigenvalue weighted by Gasteiger charge is -2.27. The van der Waals surface area contributed by atoms with Gasteiger partial charge in [-0.1, -0.05) is 12.1 Å². The minimum Gasteiger partial charge on any atom is -0.317 e. The van der Waals surface area contributed by atoms with Crippen molar-refractivity contribution in [2.45, 2.75) is 31.8 Å². The van der Waals surface area contributed by atoms with Crippen molar-refractivity contribution < 1.29 is 4.79 Å². The van der Waals surface area contributed by atoms with Crippen molar-refractivity contribution in [3.05, 3.63) is 41.7 Å². The number of carbonyl (C=O) groups is 1. The highest BCUT2D eigenvalue weighted by Crippen LogP contribution is 2.39. The molecule has 0 atom stereocenters.